The fourth-order valence-corrected chi connectivity index (χ4v) is 4.06. The first-order chi connectivity index (χ1) is 14.6. The third-order valence-electron chi connectivity index (χ3n) is 5.04. The zero-order valence-corrected chi connectivity index (χ0v) is 22.0. The summed E-state index contributed by atoms with van der Waals surface area (Å²) in [4.78, 5) is 15.8. The molecule has 10 heteroatoms. The molecule has 1 aromatic carbocycles. The lowest BCUT2D eigenvalue weighted by molar-refractivity contribution is 0.259. The molecule has 0 saturated carbocycles. The second kappa shape index (κ2) is 13.0. The van der Waals surface area contributed by atoms with Gasteiger partial charge in [0.25, 0.3) is 0 Å². The monoisotopic (exact) mass is 559 g/mol. The Morgan fingerprint density at radius 2 is 1.97 bits per heavy atom. The zero-order chi connectivity index (χ0) is 21.3. The smallest absolute Gasteiger partial charge is 0.205 e. The highest BCUT2D eigenvalue weighted by atomic mass is 127. The van der Waals surface area contributed by atoms with E-state index in [1.165, 1.54) is 11.5 Å². The minimum Gasteiger partial charge on any atom is -0.492 e. The van der Waals surface area contributed by atoms with Crippen LogP contribution in [-0.4, -0.2) is 85.6 Å². The van der Waals surface area contributed by atoms with E-state index in [-0.39, 0.29) is 24.0 Å². The number of ether oxygens (including phenoxy) is 1. The van der Waals surface area contributed by atoms with E-state index in [4.69, 9.17) is 4.74 Å². The van der Waals surface area contributed by atoms with Gasteiger partial charge in [-0.05, 0) is 20.2 Å². The van der Waals surface area contributed by atoms with Gasteiger partial charge in [-0.15, -0.1) is 24.0 Å². The molecule has 0 amide bonds. The standard InChI is InChI=1S/C21H33N7OS.HI/c1-5-19-24-21(30-25-19)28-12-10-27(11-13-28)20(22-2)23-16-17-8-6-7-9-18(17)29-15-14-26(3)4;/h6-9H,5,10-16H2,1-4H3,(H,22,23);1H. The number of hydrogen-bond donors (Lipinski definition) is 1. The molecule has 1 fully saturated rings. The van der Waals surface area contributed by atoms with E-state index in [0.717, 1.165) is 67.4 Å². The summed E-state index contributed by atoms with van der Waals surface area (Å²) in [7, 11) is 5.94. The van der Waals surface area contributed by atoms with Crippen molar-refractivity contribution in [2.45, 2.75) is 19.9 Å². The van der Waals surface area contributed by atoms with E-state index < -0.39 is 0 Å². The van der Waals surface area contributed by atoms with Gasteiger partial charge in [0.1, 0.15) is 18.2 Å². The van der Waals surface area contributed by atoms with Crippen LogP contribution in [0.3, 0.4) is 0 Å². The number of likely N-dealkylation sites (N-methyl/N-ethyl adjacent to an activating group) is 1. The number of aromatic nitrogens is 2. The molecule has 172 valence electrons. The summed E-state index contributed by atoms with van der Waals surface area (Å²) in [6, 6.07) is 8.19. The number of aryl methyl sites for hydroxylation is 1. The van der Waals surface area contributed by atoms with Gasteiger partial charge in [-0.1, -0.05) is 25.1 Å². The van der Waals surface area contributed by atoms with Crippen molar-refractivity contribution in [1.82, 2.24) is 24.5 Å². The molecule has 3 rings (SSSR count). The summed E-state index contributed by atoms with van der Waals surface area (Å²) >= 11 is 1.50. The minimum absolute atomic E-state index is 0. The predicted molar refractivity (Wildman–Crippen MR) is 139 cm³/mol. The van der Waals surface area contributed by atoms with E-state index in [9.17, 15) is 0 Å². The summed E-state index contributed by atoms with van der Waals surface area (Å²) in [6.45, 7) is 7.98. The molecule has 31 heavy (non-hydrogen) atoms. The number of piperazine rings is 1. The maximum absolute atomic E-state index is 5.98. The number of nitrogens with one attached hydrogen (secondary N) is 1. The van der Waals surface area contributed by atoms with E-state index in [2.05, 4.69) is 47.4 Å². The molecule has 2 heterocycles. The van der Waals surface area contributed by atoms with Crippen LogP contribution in [0.15, 0.2) is 29.3 Å². The highest BCUT2D eigenvalue weighted by molar-refractivity contribution is 14.0. The number of para-hydroxylation sites is 1. The maximum Gasteiger partial charge on any atom is 0.205 e. The zero-order valence-electron chi connectivity index (χ0n) is 18.9. The first kappa shape index (κ1) is 25.6. The van der Waals surface area contributed by atoms with Gasteiger partial charge in [0, 0.05) is 69.8 Å². The van der Waals surface area contributed by atoms with E-state index in [1.807, 2.05) is 39.3 Å². The molecule has 0 aliphatic carbocycles. The number of aliphatic imine (C=N–C) groups is 1. The van der Waals surface area contributed by atoms with Crippen LogP contribution in [0, 0.1) is 0 Å². The van der Waals surface area contributed by atoms with Crippen LogP contribution in [0.5, 0.6) is 5.75 Å². The minimum atomic E-state index is 0. The Balaban J connectivity index is 0.00000341. The number of rotatable bonds is 8. The van der Waals surface area contributed by atoms with Crippen LogP contribution in [0.4, 0.5) is 5.13 Å². The molecule has 2 aromatic rings. The van der Waals surface area contributed by atoms with Gasteiger partial charge in [0.15, 0.2) is 5.96 Å². The number of hydrogen-bond acceptors (Lipinski definition) is 7. The van der Waals surface area contributed by atoms with Crippen molar-refractivity contribution >= 4 is 46.6 Å². The van der Waals surface area contributed by atoms with Crippen LogP contribution in [-0.2, 0) is 13.0 Å². The topological polar surface area (TPSA) is 69.1 Å². The predicted octanol–water partition coefficient (Wildman–Crippen LogP) is 2.56. The summed E-state index contributed by atoms with van der Waals surface area (Å²) in [6.07, 6.45) is 0.882. The highest BCUT2D eigenvalue weighted by Gasteiger charge is 2.22. The lowest BCUT2D eigenvalue weighted by atomic mass is 10.2. The Bertz CT molecular complexity index is 822. The number of halogens is 1. The molecule has 0 radical (unpaired) electrons. The molecule has 1 aromatic heterocycles. The highest BCUT2D eigenvalue weighted by Crippen LogP contribution is 2.20. The van der Waals surface area contributed by atoms with Crippen molar-refractivity contribution in [3.8, 4) is 5.75 Å². The third kappa shape index (κ3) is 7.46. The number of benzene rings is 1. The summed E-state index contributed by atoms with van der Waals surface area (Å²) in [5.41, 5.74) is 1.14. The average molecular weight is 560 g/mol. The van der Waals surface area contributed by atoms with Gasteiger partial charge >= 0.3 is 0 Å². The Kier molecular flexibility index (Phi) is 10.7. The molecular weight excluding hydrogens is 525 g/mol. The summed E-state index contributed by atoms with van der Waals surface area (Å²) in [5.74, 6) is 2.78. The summed E-state index contributed by atoms with van der Waals surface area (Å²) in [5, 5.41) is 4.53. The van der Waals surface area contributed by atoms with Gasteiger partial charge in [-0.25, -0.2) is 4.98 Å². The van der Waals surface area contributed by atoms with Gasteiger partial charge in [0.05, 0.1) is 0 Å². The second-order valence-corrected chi connectivity index (χ2v) is 8.21. The number of guanidine groups is 1. The fourth-order valence-electron chi connectivity index (χ4n) is 3.26. The van der Waals surface area contributed by atoms with Gasteiger partial charge in [-0.3, -0.25) is 4.99 Å². The van der Waals surface area contributed by atoms with E-state index in [0.29, 0.717) is 13.2 Å². The van der Waals surface area contributed by atoms with Gasteiger partial charge < -0.3 is 24.8 Å². The molecule has 8 nitrogen and oxygen atoms in total. The van der Waals surface area contributed by atoms with Crippen molar-refractivity contribution in [3.63, 3.8) is 0 Å². The SMILES string of the molecule is CCc1nsc(N2CCN(C(=NC)NCc3ccccc3OCCN(C)C)CC2)n1.I. The molecule has 0 unspecified atom stereocenters. The van der Waals surface area contributed by atoms with Crippen LogP contribution < -0.4 is 15.0 Å². The van der Waals surface area contributed by atoms with Gasteiger partial charge in [0.2, 0.25) is 5.13 Å². The molecule has 0 atom stereocenters. The van der Waals surface area contributed by atoms with Gasteiger partial charge in [-0.2, -0.15) is 4.37 Å². The Morgan fingerprint density at radius 1 is 1.23 bits per heavy atom. The van der Waals surface area contributed by atoms with E-state index in [1.54, 1.807) is 0 Å². The lowest BCUT2D eigenvalue weighted by Gasteiger charge is -2.36. The average Bonchev–Trinajstić information content (AvgIpc) is 3.25. The molecule has 1 aliphatic rings. The van der Waals surface area contributed by atoms with Crippen molar-refractivity contribution in [3.05, 3.63) is 35.7 Å². The normalized spacial score (nSPS) is 14.5. The number of nitrogens with zero attached hydrogens (tertiary/aromatic N) is 6. The molecule has 0 spiro atoms. The Hall–Kier alpha value is -1.66. The first-order valence-corrected chi connectivity index (χ1v) is 11.3. The molecular formula is C21H34IN7OS. The molecule has 1 saturated heterocycles. The Labute approximate surface area is 206 Å². The molecule has 1 N–H and O–H groups in total. The van der Waals surface area contributed by atoms with Crippen LogP contribution in [0.2, 0.25) is 0 Å². The van der Waals surface area contributed by atoms with Crippen molar-refractivity contribution < 1.29 is 4.74 Å². The molecule has 0 bridgehead atoms. The third-order valence-corrected chi connectivity index (χ3v) is 5.86. The van der Waals surface area contributed by atoms with Crippen molar-refractivity contribution in [2.75, 3.05) is 65.4 Å². The van der Waals surface area contributed by atoms with E-state index >= 15 is 0 Å². The Morgan fingerprint density at radius 3 is 2.61 bits per heavy atom. The number of anilines is 1. The van der Waals surface area contributed by atoms with Crippen LogP contribution in [0.1, 0.15) is 18.3 Å². The van der Waals surface area contributed by atoms with Crippen LogP contribution in [0.25, 0.3) is 0 Å². The fraction of sp³-hybridized carbons (Fsp3) is 0.571. The quantitative estimate of drug-likeness (QED) is 0.303. The maximum atomic E-state index is 5.98. The van der Waals surface area contributed by atoms with Crippen molar-refractivity contribution in [1.29, 1.82) is 0 Å². The van der Waals surface area contributed by atoms with Crippen LogP contribution >= 0.6 is 35.5 Å². The lowest BCUT2D eigenvalue weighted by Crippen LogP contribution is -2.52. The van der Waals surface area contributed by atoms with Crippen molar-refractivity contribution in [2.24, 2.45) is 4.99 Å². The largest absolute Gasteiger partial charge is 0.492 e. The summed E-state index contributed by atoms with van der Waals surface area (Å²) < 4.78 is 10.4. The second-order valence-electron chi connectivity index (χ2n) is 7.48. The molecule has 1 aliphatic heterocycles. The first-order valence-electron chi connectivity index (χ1n) is 10.5.